The molecule has 0 aliphatic heterocycles. The third-order valence-corrected chi connectivity index (χ3v) is 3.17. The number of rotatable bonds is 9. The Hall–Kier alpha value is -0.610. The van der Waals surface area contributed by atoms with E-state index in [9.17, 15) is 9.90 Å². The van der Waals surface area contributed by atoms with Crippen LogP contribution >= 0.6 is 0 Å². The quantitative estimate of drug-likeness (QED) is 0.573. The maximum absolute atomic E-state index is 11.6. The molecule has 0 fully saturated rings. The number of aliphatic hydroxyl groups is 1. The zero-order valence-electron chi connectivity index (χ0n) is 11.6. The van der Waals surface area contributed by atoms with Crippen LogP contribution in [0.5, 0.6) is 0 Å². The molecule has 3 N–H and O–H groups in total. The molecule has 0 heterocycles. The van der Waals surface area contributed by atoms with Gasteiger partial charge in [0.25, 0.3) is 0 Å². The largest absolute Gasteiger partial charge is 0.392 e. The summed E-state index contributed by atoms with van der Waals surface area (Å²) in [6.07, 6.45) is 2.51. The Morgan fingerprint density at radius 1 is 1.24 bits per heavy atom. The standard InChI is InChI=1S/C13H28N2O2/c1-5-8-14-13(17)10(4)15-9-12(16)11(6-2)7-3/h10-12,15-16H,5-9H2,1-4H3,(H,14,17). The number of hydrogen-bond acceptors (Lipinski definition) is 3. The average molecular weight is 244 g/mol. The van der Waals surface area contributed by atoms with E-state index in [0.717, 1.165) is 19.3 Å². The lowest BCUT2D eigenvalue weighted by Gasteiger charge is -2.22. The second kappa shape index (κ2) is 9.42. The number of carbonyl (C=O) groups excluding carboxylic acids is 1. The van der Waals surface area contributed by atoms with E-state index in [1.54, 1.807) is 0 Å². The minimum absolute atomic E-state index is 0.00333. The fraction of sp³-hybridized carbons (Fsp3) is 0.923. The fourth-order valence-corrected chi connectivity index (χ4v) is 1.79. The van der Waals surface area contributed by atoms with Crippen LogP contribution in [0, 0.1) is 5.92 Å². The Balaban J connectivity index is 3.89. The Bertz CT molecular complexity index is 206. The lowest BCUT2D eigenvalue weighted by molar-refractivity contribution is -0.122. The van der Waals surface area contributed by atoms with E-state index in [1.807, 2.05) is 13.8 Å². The van der Waals surface area contributed by atoms with Crippen LogP contribution in [0.15, 0.2) is 0 Å². The maximum atomic E-state index is 11.6. The van der Waals surface area contributed by atoms with Gasteiger partial charge in [0.1, 0.15) is 0 Å². The van der Waals surface area contributed by atoms with Crippen LogP contribution in [0.3, 0.4) is 0 Å². The van der Waals surface area contributed by atoms with E-state index >= 15 is 0 Å². The summed E-state index contributed by atoms with van der Waals surface area (Å²) in [6, 6.07) is -0.245. The first-order valence-electron chi connectivity index (χ1n) is 6.75. The molecule has 17 heavy (non-hydrogen) atoms. The predicted octanol–water partition coefficient (Wildman–Crippen LogP) is 1.29. The molecular weight excluding hydrogens is 216 g/mol. The van der Waals surface area contributed by atoms with E-state index in [1.165, 1.54) is 0 Å². The summed E-state index contributed by atoms with van der Waals surface area (Å²) in [6.45, 7) is 9.19. The molecule has 0 aliphatic carbocycles. The van der Waals surface area contributed by atoms with Gasteiger partial charge < -0.3 is 15.7 Å². The summed E-state index contributed by atoms with van der Waals surface area (Å²) in [5.41, 5.74) is 0. The molecule has 102 valence electrons. The number of amides is 1. The topological polar surface area (TPSA) is 61.4 Å². The Morgan fingerprint density at radius 2 is 1.82 bits per heavy atom. The van der Waals surface area contributed by atoms with Crippen molar-refractivity contribution in [3.8, 4) is 0 Å². The minimum atomic E-state index is -0.369. The van der Waals surface area contributed by atoms with Crippen molar-refractivity contribution in [3.63, 3.8) is 0 Å². The molecule has 1 amide bonds. The second-order valence-corrected chi connectivity index (χ2v) is 4.56. The van der Waals surface area contributed by atoms with Gasteiger partial charge >= 0.3 is 0 Å². The fourth-order valence-electron chi connectivity index (χ4n) is 1.79. The highest BCUT2D eigenvalue weighted by Crippen LogP contribution is 2.12. The van der Waals surface area contributed by atoms with Gasteiger partial charge in [-0.05, 0) is 19.3 Å². The molecule has 0 rings (SSSR count). The zero-order chi connectivity index (χ0) is 13.3. The monoisotopic (exact) mass is 244 g/mol. The smallest absolute Gasteiger partial charge is 0.236 e. The van der Waals surface area contributed by atoms with Gasteiger partial charge in [-0.15, -0.1) is 0 Å². The Labute approximate surface area is 105 Å². The van der Waals surface area contributed by atoms with Gasteiger partial charge in [0.05, 0.1) is 12.1 Å². The number of nitrogens with one attached hydrogen (secondary N) is 2. The van der Waals surface area contributed by atoms with Crippen molar-refractivity contribution in [2.45, 2.75) is 59.1 Å². The molecule has 0 radical (unpaired) electrons. The summed E-state index contributed by atoms with van der Waals surface area (Å²) >= 11 is 0. The molecule has 0 aromatic rings. The molecule has 0 aromatic carbocycles. The summed E-state index contributed by atoms with van der Waals surface area (Å²) in [5, 5.41) is 15.8. The molecule has 0 saturated carbocycles. The van der Waals surface area contributed by atoms with Crippen molar-refractivity contribution in [1.82, 2.24) is 10.6 Å². The van der Waals surface area contributed by atoms with Gasteiger partial charge in [0, 0.05) is 13.1 Å². The molecular formula is C13H28N2O2. The summed E-state index contributed by atoms with van der Waals surface area (Å²) < 4.78 is 0. The van der Waals surface area contributed by atoms with Gasteiger partial charge in [-0.1, -0.05) is 33.6 Å². The molecule has 0 aromatic heterocycles. The van der Waals surface area contributed by atoms with Gasteiger partial charge in [-0.3, -0.25) is 4.79 Å². The average Bonchev–Trinajstić information content (AvgIpc) is 2.34. The number of carbonyl (C=O) groups is 1. The molecule has 0 saturated heterocycles. The third-order valence-electron chi connectivity index (χ3n) is 3.17. The maximum Gasteiger partial charge on any atom is 0.236 e. The van der Waals surface area contributed by atoms with Crippen molar-refractivity contribution in [3.05, 3.63) is 0 Å². The Morgan fingerprint density at radius 3 is 2.29 bits per heavy atom. The van der Waals surface area contributed by atoms with E-state index in [-0.39, 0.29) is 18.1 Å². The first kappa shape index (κ1) is 16.4. The van der Waals surface area contributed by atoms with Gasteiger partial charge in [0.15, 0.2) is 0 Å². The summed E-state index contributed by atoms with van der Waals surface area (Å²) in [5.74, 6) is 0.317. The lowest BCUT2D eigenvalue weighted by atomic mass is 9.96. The van der Waals surface area contributed by atoms with Gasteiger partial charge in [-0.2, -0.15) is 0 Å². The van der Waals surface area contributed by atoms with Crippen LogP contribution in [-0.4, -0.2) is 36.2 Å². The van der Waals surface area contributed by atoms with Crippen molar-refractivity contribution in [2.75, 3.05) is 13.1 Å². The van der Waals surface area contributed by atoms with Crippen LogP contribution in [0.25, 0.3) is 0 Å². The first-order valence-corrected chi connectivity index (χ1v) is 6.75. The van der Waals surface area contributed by atoms with E-state index < -0.39 is 0 Å². The molecule has 4 nitrogen and oxygen atoms in total. The normalized spacial score (nSPS) is 14.7. The highest BCUT2D eigenvalue weighted by atomic mass is 16.3. The van der Waals surface area contributed by atoms with Gasteiger partial charge in [-0.25, -0.2) is 0 Å². The van der Waals surface area contributed by atoms with E-state index in [4.69, 9.17) is 0 Å². The third kappa shape index (κ3) is 6.64. The van der Waals surface area contributed by atoms with Crippen molar-refractivity contribution in [2.24, 2.45) is 5.92 Å². The molecule has 4 heteroatoms. The Kier molecular flexibility index (Phi) is 9.09. The summed E-state index contributed by atoms with van der Waals surface area (Å²) in [4.78, 5) is 11.6. The van der Waals surface area contributed by atoms with Crippen LogP contribution in [0.1, 0.15) is 47.0 Å². The highest BCUT2D eigenvalue weighted by molar-refractivity contribution is 5.81. The first-order chi connectivity index (χ1) is 8.06. The molecule has 2 atom stereocenters. The number of hydrogen-bond donors (Lipinski definition) is 3. The van der Waals surface area contributed by atoms with Crippen LogP contribution in [-0.2, 0) is 4.79 Å². The van der Waals surface area contributed by atoms with Gasteiger partial charge in [0.2, 0.25) is 5.91 Å². The minimum Gasteiger partial charge on any atom is -0.392 e. The zero-order valence-corrected chi connectivity index (χ0v) is 11.6. The molecule has 0 bridgehead atoms. The number of aliphatic hydroxyl groups excluding tert-OH is 1. The van der Waals surface area contributed by atoms with E-state index in [2.05, 4.69) is 24.5 Å². The lowest BCUT2D eigenvalue weighted by Crippen LogP contribution is -2.46. The predicted molar refractivity (Wildman–Crippen MR) is 70.8 cm³/mol. The SMILES string of the molecule is CCCNC(=O)C(C)NCC(O)C(CC)CC. The van der Waals surface area contributed by atoms with Crippen LogP contribution in [0.4, 0.5) is 0 Å². The highest BCUT2D eigenvalue weighted by Gasteiger charge is 2.18. The summed E-state index contributed by atoms with van der Waals surface area (Å²) in [7, 11) is 0. The molecule has 0 spiro atoms. The second-order valence-electron chi connectivity index (χ2n) is 4.56. The van der Waals surface area contributed by atoms with E-state index in [0.29, 0.717) is 19.0 Å². The van der Waals surface area contributed by atoms with Crippen molar-refractivity contribution < 1.29 is 9.90 Å². The van der Waals surface area contributed by atoms with Crippen molar-refractivity contribution in [1.29, 1.82) is 0 Å². The van der Waals surface area contributed by atoms with Crippen LogP contribution < -0.4 is 10.6 Å². The van der Waals surface area contributed by atoms with Crippen molar-refractivity contribution >= 4 is 5.91 Å². The van der Waals surface area contributed by atoms with Crippen LogP contribution in [0.2, 0.25) is 0 Å². The molecule has 0 aliphatic rings. The molecule has 2 unspecified atom stereocenters.